The maximum atomic E-state index is 11.7. The Bertz CT molecular complexity index is 244. The Labute approximate surface area is 89.5 Å². The molecule has 0 saturated carbocycles. The molecule has 6 nitrogen and oxygen atoms in total. The first-order valence-electron chi connectivity index (χ1n) is 4.56. The van der Waals surface area contributed by atoms with Gasteiger partial charge in [0.2, 0.25) is 0 Å². The van der Waals surface area contributed by atoms with Gasteiger partial charge in [-0.25, -0.2) is 9.78 Å². The van der Waals surface area contributed by atoms with Crippen LogP contribution in [0.3, 0.4) is 0 Å². The van der Waals surface area contributed by atoms with Crippen molar-refractivity contribution in [2.24, 2.45) is 0 Å². The van der Waals surface area contributed by atoms with Gasteiger partial charge in [-0.15, -0.1) is 9.35 Å². The molecule has 7 heteroatoms. The van der Waals surface area contributed by atoms with Crippen LogP contribution in [0.25, 0.3) is 0 Å². The molecule has 0 aromatic heterocycles. The third-order valence-electron chi connectivity index (χ3n) is 0.962. The summed E-state index contributed by atoms with van der Waals surface area (Å²) in [6.07, 6.45) is -0.980. The van der Waals surface area contributed by atoms with Gasteiger partial charge in [0, 0.05) is 0 Å². The molecular formula is C8H16NO5P. The lowest BCUT2D eigenvalue weighted by Crippen LogP contribution is -2.09. The topological polar surface area (TPSA) is 77.8 Å². The van der Waals surface area contributed by atoms with Gasteiger partial charge in [0.05, 0.1) is 18.3 Å². The van der Waals surface area contributed by atoms with E-state index < -0.39 is 13.8 Å². The van der Waals surface area contributed by atoms with Crippen LogP contribution < -0.4 is 0 Å². The van der Waals surface area contributed by atoms with Crippen LogP contribution >= 0.6 is 7.60 Å². The Morgan fingerprint density at radius 2 is 1.53 bits per heavy atom. The molecule has 88 valence electrons. The van der Waals surface area contributed by atoms with Crippen molar-refractivity contribution >= 4 is 7.60 Å². The summed E-state index contributed by atoms with van der Waals surface area (Å²) in [4.78, 5) is 9.35. The highest BCUT2D eigenvalue weighted by Gasteiger charge is 2.28. The maximum absolute atomic E-state index is 11.7. The highest BCUT2D eigenvalue weighted by Crippen LogP contribution is 2.48. The lowest BCUT2D eigenvalue weighted by Gasteiger charge is -2.16. The summed E-state index contributed by atoms with van der Waals surface area (Å²) in [6.45, 7) is 6.78. The first kappa shape index (κ1) is 14.6. The molecule has 0 spiro atoms. The monoisotopic (exact) mass is 237 g/mol. The van der Waals surface area contributed by atoms with Gasteiger partial charge in [0.25, 0.3) is 0 Å². The van der Waals surface area contributed by atoms with Crippen molar-refractivity contribution in [3.8, 4) is 6.07 Å². The Balaban J connectivity index is 4.20. The molecule has 0 amide bonds. The molecule has 0 aromatic carbocycles. The smallest absolute Gasteiger partial charge is 0.254 e. The van der Waals surface area contributed by atoms with E-state index in [1.807, 2.05) is 0 Å². The summed E-state index contributed by atoms with van der Waals surface area (Å²) in [7, 11) is -3.63. The number of nitriles is 1. The average molecular weight is 237 g/mol. The van der Waals surface area contributed by atoms with Crippen molar-refractivity contribution in [1.29, 1.82) is 5.26 Å². The zero-order chi connectivity index (χ0) is 11.9. The van der Waals surface area contributed by atoms with E-state index in [1.165, 1.54) is 0 Å². The van der Waals surface area contributed by atoms with Crippen LogP contribution in [0.5, 0.6) is 0 Å². The Kier molecular flexibility index (Phi) is 6.73. The van der Waals surface area contributed by atoms with Crippen molar-refractivity contribution < 1.29 is 23.7 Å². The first-order valence-corrected chi connectivity index (χ1v) is 6.28. The van der Waals surface area contributed by atoms with Gasteiger partial charge < -0.3 is 0 Å². The minimum Gasteiger partial charge on any atom is -0.254 e. The fourth-order valence-electron chi connectivity index (χ4n) is 0.455. The standard InChI is InChI=1S/C8H16NO5P/c1-7(2)11-13-15(10,6-5-9)14-12-8(3)4/h7-8H,6H2,1-4H3. The van der Waals surface area contributed by atoms with E-state index in [-0.39, 0.29) is 12.2 Å². The molecule has 0 aromatic rings. The summed E-state index contributed by atoms with van der Waals surface area (Å²) in [5, 5.41) is 8.44. The Morgan fingerprint density at radius 3 is 1.80 bits per heavy atom. The second kappa shape index (κ2) is 6.94. The minimum atomic E-state index is -3.63. The van der Waals surface area contributed by atoms with E-state index in [2.05, 4.69) is 19.1 Å². The van der Waals surface area contributed by atoms with E-state index in [1.54, 1.807) is 33.8 Å². The quantitative estimate of drug-likeness (QED) is 0.384. The Morgan fingerprint density at radius 1 is 1.13 bits per heavy atom. The summed E-state index contributed by atoms with van der Waals surface area (Å²) in [5.74, 6) is 0. The number of hydrogen-bond acceptors (Lipinski definition) is 6. The van der Waals surface area contributed by atoms with Gasteiger partial charge >= 0.3 is 7.60 Å². The highest BCUT2D eigenvalue weighted by atomic mass is 31.2. The molecule has 0 aliphatic rings. The summed E-state index contributed by atoms with van der Waals surface area (Å²) in [5.41, 5.74) is 0. The molecule has 0 N–H and O–H groups in total. The van der Waals surface area contributed by atoms with E-state index in [9.17, 15) is 4.57 Å². The lowest BCUT2D eigenvalue weighted by atomic mass is 10.5. The molecule has 0 rings (SSSR count). The molecule has 0 heterocycles. The van der Waals surface area contributed by atoms with E-state index >= 15 is 0 Å². The van der Waals surface area contributed by atoms with Crippen LogP contribution in [0, 0.1) is 11.3 Å². The van der Waals surface area contributed by atoms with Crippen molar-refractivity contribution in [3.63, 3.8) is 0 Å². The van der Waals surface area contributed by atoms with Crippen LogP contribution in [0.4, 0.5) is 0 Å². The van der Waals surface area contributed by atoms with E-state index in [0.717, 1.165) is 0 Å². The second-order valence-electron chi connectivity index (χ2n) is 3.37. The summed E-state index contributed by atoms with van der Waals surface area (Å²) >= 11 is 0. The SMILES string of the molecule is CC(C)OOP(=O)(CC#N)OOC(C)C. The highest BCUT2D eigenvalue weighted by molar-refractivity contribution is 7.53. The summed E-state index contributed by atoms with van der Waals surface area (Å²) < 4.78 is 20.8. The minimum absolute atomic E-state index is 0.278. The molecule has 0 unspecified atom stereocenters. The average Bonchev–Trinajstić information content (AvgIpc) is 2.13. The van der Waals surface area contributed by atoms with Crippen LogP contribution in [-0.2, 0) is 23.7 Å². The molecule has 0 aliphatic carbocycles. The second-order valence-corrected chi connectivity index (χ2v) is 5.20. The van der Waals surface area contributed by atoms with Gasteiger partial charge in [-0.05, 0) is 27.7 Å². The number of rotatable bonds is 7. The van der Waals surface area contributed by atoms with Crippen LogP contribution in [0.2, 0.25) is 0 Å². The van der Waals surface area contributed by atoms with Gasteiger partial charge in [-0.2, -0.15) is 5.26 Å². The molecule has 0 fully saturated rings. The third kappa shape index (κ3) is 7.48. The number of nitrogens with zero attached hydrogens (tertiary/aromatic N) is 1. The van der Waals surface area contributed by atoms with Crippen molar-refractivity contribution in [2.45, 2.75) is 39.9 Å². The summed E-state index contributed by atoms with van der Waals surface area (Å²) in [6, 6.07) is 1.68. The lowest BCUT2D eigenvalue weighted by molar-refractivity contribution is -0.291. The van der Waals surface area contributed by atoms with E-state index in [0.29, 0.717) is 0 Å². The molecule has 0 bridgehead atoms. The predicted octanol–water partition coefficient (Wildman–Crippen LogP) is 2.42. The molecule has 0 atom stereocenters. The molecule has 0 radical (unpaired) electrons. The van der Waals surface area contributed by atoms with Crippen molar-refractivity contribution in [1.82, 2.24) is 0 Å². The van der Waals surface area contributed by atoms with Crippen molar-refractivity contribution in [2.75, 3.05) is 6.16 Å². The van der Waals surface area contributed by atoms with Gasteiger partial charge in [-0.1, -0.05) is 0 Å². The van der Waals surface area contributed by atoms with Crippen LogP contribution in [0.15, 0.2) is 0 Å². The van der Waals surface area contributed by atoms with Crippen molar-refractivity contribution in [3.05, 3.63) is 0 Å². The normalized spacial score (nSPS) is 12.1. The largest absolute Gasteiger partial charge is 0.398 e. The zero-order valence-electron chi connectivity index (χ0n) is 9.30. The maximum Gasteiger partial charge on any atom is 0.398 e. The van der Waals surface area contributed by atoms with Gasteiger partial charge in [-0.3, -0.25) is 4.57 Å². The Hall–Kier alpha value is -0.440. The molecular weight excluding hydrogens is 221 g/mol. The fraction of sp³-hybridized carbons (Fsp3) is 0.875. The van der Waals surface area contributed by atoms with Crippen LogP contribution in [-0.4, -0.2) is 18.4 Å². The number of hydrogen-bond donors (Lipinski definition) is 0. The van der Waals surface area contributed by atoms with Crippen LogP contribution in [0.1, 0.15) is 27.7 Å². The molecule has 0 saturated heterocycles. The fourth-order valence-corrected chi connectivity index (χ4v) is 1.36. The molecule has 15 heavy (non-hydrogen) atoms. The van der Waals surface area contributed by atoms with Gasteiger partial charge in [0.1, 0.15) is 6.16 Å². The molecule has 0 aliphatic heterocycles. The first-order chi connectivity index (χ1) is 6.89. The van der Waals surface area contributed by atoms with Gasteiger partial charge in [0.15, 0.2) is 0 Å². The predicted molar refractivity (Wildman–Crippen MR) is 52.7 cm³/mol. The third-order valence-corrected chi connectivity index (χ3v) is 2.12. The van der Waals surface area contributed by atoms with E-state index in [4.69, 9.17) is 5.26 Å². The zero-order valence-corrected chi connectivity index (χ0v) is 10.2.